The first kappa shape index (κ1) is 18.1. The van der Waals surface area contributed by atoms with Crippen molar-refractivity contribution >= 4 is 50.5 Å². The number of hydrogen-bond acceptors (Lipinski definition) is 5. The molecular formula is C23H20N6OS. The van der Waals surface area contributed by atoms with Gasteiger partial charge in [-0.25, -0.2) is 9.97 Å². The molecule has 8 heteroatoms. The summed E-state index contributed by atoms with van der Waals surface area (Å²) >= 11 is 1.48. The summed E-state index contributed by atoms with van der Waals surface area (Å²) in [5, 5.41) is 0. The molecule has 0 bridgehead atoms. The van der Waals surface area contributed by atoms with Crippen molar-refractivity contribution < 1.29 is 4.79 Å². The van der Waals surface area contributed by atoms with Crippen LogP contribution in [0.15, 0.2) is 60.7 Å². The summed E-state index contributed by atoms with van der Waals surface area (Å²) in [6.07, 6.45) is 0. The molecular weight excluding hydrogens is 408 g/mol. The number of benzene rings is 2. The van der Waals surface area contributed by atoms with Crippen LogP contribution >= 0.6 is 11.3 Å². The summed E-state index contributed by atoms with van der Waals surface area (Å²) in [4.78, 5) is 28.4. The van der Waals surface area contributed by atoms with E-state index >= 15 is 0 Å². The van der Waals surface area contributed by atoms with Crippen LogP contribution in [-0.2, 0) is 6.54 Å². The summed E-state index contributed by atoms with van der Waals surface area (Å²) < 4.78 is 4.23. The molecule has 0 unspecified atom stereocenters. The standard InChI is InChI=1S/C23H20N6OS/c1-26(2)22-25-17-14-19(31-21(17)29(22)15-8-4-3-5-9-15)20(30)28-13-12-27-18-11-7-6-10-16(18)24-23(27)28/h3-11,14H,12-13H2,1-2H3. The fourth-order valence-electron chi connectivity index (χ4n) is 4.19. The Balaban J connectivity index is 1.44. The highest BCUT2D eigenvalue weighted by Gasteiger charge is 2.31. The molecule has 3 aromatic heterocycles. The van der Waals surface area contributed by atoms with Crippen LogP contribution in [0.4, 0.5) is 11.9 Å². The Bertz CT molecular complexity index is 1450. The maximum absolute atomic E-state index is 13.5. The van der Waals surface area contributed by atoms with E-state index in [1.165, 1.54) is 11.3 Å². The highest BCUT2D eigenvalue weighted by Crippen LogP contribution is 2.35. The molecule has 0 atom stereocenters. The Labute approximate surface area is 182 Å². The SMILES string of the molecule is CN(C)c1nc2cc(C(=O)N3CCn4c3nc3ccccc34)sc2n1-c1ccccc1. The van der Waals surface area contributed by atoms with Gasteiger partial charge in [0, 0.05) is 32.9 Å². The number of fused-ring (bicyclic) bond motifs is 4. The van der Waals surface area contributed by atoms with Gasteiger partial charge in [0.1, 0.15) is 10.3 Å². The molecule has 0 saturated carbocycles. The normalized spacial score (nSPS) is 13.3. The Morgan fingerprint density at radius 3 is 2.55 bits per heavy atom. The number of carbonyl (C=O) groups excluding carboxylic acids is 1. The van der Waals surface area contributed by atoms with E-state index in [0.29, 0.717) is 11.4 Å². The van der Waals surface area contributed by atoms with Crippen molar-refractivity contribution in [2.45, 2.75) is 6.54 Å². The van der Waals surface area contributed by atoms with Crippen molar-refractivity contribution in [3.8, 4) is 5.69 Å². The zero-order chi connectivity index (χ0) is 21.1. The molecule has 5 aromatic rings. The van der Waals surface area contributed by atoms with Gasteiger partial charge in [-0.2, -0.15) is 0 Å². The second kappa shape index (κ2) is 6.68. The molecule has 1 aliphatic rings. The number of nitrogens with zero attached hydrogens (tertiary/aromatic N) is 6. The molecule has 154 valence electrons. The van der Waals surface area contributed by atoms with Crippen molar-refractivity contribution in [3.63, 3.8) is 0 Å². The van der Waals surface area contributed by atoms with E-state index in [-0.39, 0.29) is 5.91 Å². The topological polar surface area (TPSA) is 59.2 Å². The molecule has 1 amide bonds. The van der Waals surface area contributed by atoms with Crippen molar-refractivity contribution in [2.75, 3.05) is 30.4 Å². The number of hydrogen-bond donors (Lipinski definition) is 0. The Morgan fingerprint density at radius 2 is 1.74 bits per heavy atom. The van der Waals surface area contributed by atoms with Crippen molar-refractivity contribution in [1.82, 2.24) is 19.1 Å². The lowest BCUT2D eigenvalue weighted by Crippen LogP contribution is -2.28. The first-order valence-corrected chi connectivity index (χ1v) is 11.0. The molecule has 0 N–H and O–H groups in total. The molecule has 4 heterocycles. The minimum Gasteiger partial charge on any atom is -0.348 e. The fraction of sp³-hybridized carbons (Fsp3) is 0.174. The van der Waals surface area contributed by atoms with Gasteiger partial charge >= 0.3 is 0 Å². The third-order valence-electron chi connectivity index (χ3n) is 5.61. The first-order valence-electron chi connectivity index (χ1n) is 10.1. The number of para-hydroxylation sites is 3. The maximum atomic E-state index is 13.5. The van der Waals surface area contributed by atoms with Gasteiger partial charge in [0.15, 0.2) is 0 Å². The summed E-state index contributed by atoms with van der Waals surface area (Å²) in [6.45, 7) is 1.38. The van der Waals surface area contributed by atoms with Crippen molar-refractivity contribution in [3.05, 3.63) is 65.5 Å². The Kier molecular flexibility index (Phi) is 3.91. The highest BCUT2D eigenvalue weighted by atomic mass is 32.1. The van der Waals surface area contributed by atoms with E-state index in [2.05, 4.69) is 27.3 Å². The lowest BCUT2D eigenvalue weighted by molar-refractivity contribution is 0.0992. The quantitative estimate of drug-likeness (QED) is 0.433. The van der Waals surface area contributed by atoms with E-state index < -0.39 is 0 Å². The van der Waals surface area contributed by atoms with E-state index in [4.69, 9.17) is 9.97 Å². The number of carbonyl (C=O) groups is 1. The van der Waals surface area contributed by atoms with Gasteiger partial charge in [0.2, 0.25) is 11.9 Å². The minimum atomic E-state index is -0.0249. The van der Waals surface area contributed by atoms with Crippen LogP contribution in [0.2, 0.25) is 0 Å². The number of anilines is 2. The van der Waals surface area contributed by atoms with Crippen LogP contribution in [0.25, 0.3) is 27.1 Å². The van der Waals surface area contributed by atoms with Gasteiger partial charge in [-0.05, 0) is 30.3 Å². The molecule has 0 fully saturated rings. The van der Waals surface area contributed by atoms with Crippen LogP contribution in [0.5, 0.6) is 0 Å². The van der Waals surface area contributed by atoms with Gasteiger partial charge in [0.25, 0.3) is 5.91 Å². The van der Waals surface area contributed by atoms with Crippen LogP contribution in [0, 0.1) is 0 Å². The van der Waals surface area contributed by atoms with Crippen LogP contribution in [0.3, 0.4) is 0 Å². The third-order valence-corrected chi connectivity index (χ3v) is 6.71. The predicted octanol–water partition coefficient (Wildman–Crippen LogP) is 4.16. The molecule has 0 aliphatic carbocycles. The number of aromatic nitrogens is 4. The van der Waals surface area contributed by atoms with Crippen LogP contribution in [-0.4, -0.2) is 45.6 Å². The second-order valence-electron chi connectivity index (χ2n) is 7.79. The summed E-state index contributed by atoms with van der Waals surface area (Å²) in [7, 11) is 3.96. The minimum absolute atomic E-state index is 0.0249. The first-order chi connectivity index (χ1) is 15.1. The molecule has 0 radical (unpaired) electrons. The summed E-state index contributed by atoms with van der Waals surface area (Å²) in [5.74, 6) is 1.54. The van der Waals surface area contributed by atoms with E-state index in [9.17, 15) is 4.79 Å². The molecule has 0 saturated heterocycles. The predicted molar refractivity (Wildman–Crippen MR) is 125 cm³/mol. The van der Waals surface area contributed by atoms with Gasteiger partial charge in [-0.15, -0.1) is 11.3 Å². The van der Waals surface area contributed by atoms with Crippen LogP contribution in [0.1, 0.15) is 9.67 Å². The molecule has 6 rings (SSSR count). The number of imidazole rings is 2. The van der Waals surface area contributed by atoms with Crippen molar-refractivity contribution in [2.24, 2.45) is 0 Å². The number of thiophene rings is 1. The van der Waals surface area contributed by atoms with E-state index in [0.717, 1.165) is 45.5 Å². The third kappa shape index (κ3) is 2.68. The van der Waals surface area contributed by atoms with E-state index in [1.807, 2.05) is 61.5 Å². The van der Waals surface area contributed by atoms with Gasteiger partial charge in [-0.1, -0.05) is 30.3 Å². The van der Waals surface area contributed by atoms with E-state index in [1.54, 1.807) is 4.90 Å². The summed E-state index contributed by atoms with van der Waals surface area (Å²) in [6, 6.07) is 20.0. The number of amides is 1. The lowest BCUT2D eigenvalue weighted by atomic mass is 10.3. The zero-order valence-electron chi connectivity index (χ0n) is 17.2. The molecule has 7 nitrogen and oxygen atoms in total. The molecule has 0 spiro atoms. The fourth-order valence-corrected chi connectivity index (χ4v) is 5.25. The van der Waals surface area contributed by atoms with Crippen LogP contribution < -0.4 is 9.80 Å². The zero-order valence-corrected chi connectivity index (χ0v) is 18.0. The van der Waals surface area contributed by atoms with Crippen molar-refractivity contribution in [1.29, 1.82) is 0 Å². The maximum Gasteiger partial charge on any atom is 0.270 e. The Hall–Kier alpha value is -3.65. The average Bonchev–Trinajstić information content (AvgIpc) is 3.52. The molecule has 31 heavy (non-hydrogen) atoms. The van der Waals surface area contributed by atoms with Gasteiger partial charge in [0.05, 0.1) is 15.9 Å². The smallest absolute Gasteiger partial charge is 0.270 e. The average molecular weight is 429 g/mol. The number of rotatable bonds is 3. The largest absolute Gasteiger partial charge is 0.348 e. The Morgan fingerprint density at radius 1 is 0.968 bits per heavy atom. The van der Waals surface area contributed by atoms with Gasteiger partial charge in [-0.3, -0.25) is 14.3 Å². The lowest BCUT2D eigenvalue weighted by Gasteiger charge is -2.15. The monoisotopic (exact) mass is 428 g/mol. The highest BCUT2D eigenvalue weighted by molar-refractivity contribution is 7.20. The molecule has 2 aromatic carbocycles. The van der Waals surface area contributed by atoms with Gasteiger partial charge < -0.3 is 9.47 Å². The summed E-state index contributed by atoms with van der Waals surface area (Å²) in [5.41, 5.74) is 3.84. The molecule has 1 aliphatic heterocycles. The second-order valence-corrected chi connectivity index (χ2v) is 8.82.